The quantitative estimate of drug-likeness (QED) is 0.777. The third-order valence-corrected chi connectivity index (χ3v) is 4.05. The molecule has 0 bridgehead atoms. The van der Waals surface area contributed by atoms with Crippen LogP contribution in [-0.4, -0.2) is 48.0 Å². The molecular formula is C14H29NO2. The van der Waals surface area contributed by atoms with E-state index in [4.69, 9.17) is 4.74 Å². The van der Waals surface area contributed by atoms with Crippen LogP contribution < -0.4 is 0 Å². The van der Waals surface area contributed by atoms with Crippen LogP contribution >= 0.6 is 0 Å². The normalized spacial score (nSPS) is 22.4. The van der Waals surface area contributed by atoms with Gasteiger partial charge in [-0.2, -0.15) is 0 Å². The highest BCUT2D eigenvalue weighted by Gasteiger charge is 2.35. The highest BCUT2D eigenvalue weighted by molar-refractivity contribution is 4.90. The topological polar surface area (TPSA) is 32.7 Å². The summed E-state index contributed by atoms with van der Waals surface area (Å²) in [5.41, 5.74) is -0.133. The van der Waals surface area contributed by atoms with E-state index in [0.29, 0.717) is 5.92 Å². The molecule has 1 heterocycles. The molecule has 0 saturated carbocycles. The van der Waals surface area contributed by atoms with Gasteiger partial charge in [-0.3, -0.25) is 4.90 Å². The van der Waals surface area contributed by atoms with Crippen LogP contribution in [0.3, 0.4) is 0 Å². The Morgan fingerprint density at radius 2 is 1.88 bits per heavy atom. The summed E-state index contributed by atoms with van der Waals surface area (Å²) in [5.74, 6) is 0.607. The molecule has 3 nitrogen and oxygen atoms in total. The molecule has 1 aliphatic heterocycles. The Morgan fingerprint density at radius 3 is 2.41 bits per heavy atom. The van der Waals surface area contributed by atoms with Gasteiger partial charge in [0.25, 0.3) is 0 Å². The summed E-state index contributed by atoms with van der Waals surface area (Å²) in [6, 6.07) is 0. The number of rotatable bonds is 6. The van der Waals surface area contributed by atoms with Gasteiger partial charge in [-0.05, 0) is 26.2 Å². The predicted octanol–water partition coefficient (Wildman–Crippen LogP) is 2.28. The molecule has 2 unspecified atom stereocenters. The van der Waals surface area contributed by atoms with Crippen molar-refractivity contribution in [3.63, 3.8) is 0 Å². The van der Waals surface area contributed by atoms with E-state index in [1.165, 1.54) is 12.8 Å². The van der Waals surface area contributed by atoms with Crippen LogP contribution in [0.25, 0.3) is 0 Å². The van der Waals surface area contributed by atoms with Crippen molar-refractivity contribution in [1.82, 2.24) is 4.90 Å². The Labute approximate surface area is 106 Å². The monoisotopic (exact) mass is 243 g/mol. The first kappa shape index (κ1) is 14.9. The minimum Gasteiger partial charge on any atom is -0.391 e. The number of nitrogens with zero attached hydrogens (tertiary/aromatic N) is 1. The molecule has 0 aromatic heterocycles. The summed E-state index contributed by atoms with van der Waals surface area (Å²) >= 11 is 0. The molecule has 1 fully saturated rings. The minimum atomic E-state index is -0.248. The van der Waals surface area contributed by atoms with Crippen LogP contribution in [0.15, 0.2) is 0 Å². The van der Waals surface area contributed by atoms with Crippen LogP contribution in [0.1, 0.15) is 47.0 Å². The fourth-order valence-electron chi connectivity index (χ4n) is 2.63. The molecule has 1 saturated heterocycles. The van der Waals surface area contributed by atoms with Crippen molar-refractivity contribution >= 4 is 0 Å². The number of aliphatic hydroxyl groups is 1. The minimum absolute atomic E-state index is 0.133. The number of hydrogen-bond donors (Lipinski definition) is 1. The molecule has 3 heteroatoms. The van der Waals surface area contributed by atoms with Gasteiger partial charge >= 0.3 is 0 Å². The Morgan fingerprint density at radius 1 is 1.29 bits per heavy atom. The first-order valence-electron chi connectivity index (χ1n) is 6.99. The number of ether oxygens (including phenoxy) is 1. The van der Waals surface area contributed by atoms with Crippen molar-refractivity contribution in [3.8, 4) is 0 Å². The largest absolute Gasteiger partial charge is 0.391 e. The molecule has 2 atom stereocenters. The second-order valence-corrected chi connectivity index (χ2v) is 5.90. The maximum atomic E-state index is 10.4. The Balaban J connectivity index is 2.49. The van der Waals surface area contributed by atoms with Gasteiger partial charge in [0, 0.05) is 18.6 Å². The molecular weight excluding hydrogens is 214 g/mol. The van der Waals surface area contributed by atoms with Crippen molar-refractivity contribution in [1.29, 1.82) is 0 Å². The van der Waals surface area contributed by atoms with Gasteiger partial charge in [-0.25, -0.2) is 0 Å². The molecule has 1 aliphatic rings. The zero-order chi connectivity index (χ0) is 12.9. The van der Waals surface area contributed by atoms with E-state index in [1.807, 2.05) is 0 Å². The van der Waals surface area contributed by atoms with Crippen molar-refractivity contribution in [2.75, 3.05) is 26.3 Å². The van der Waals surface area contributed by atoms with E-state index < -0.39 is 0 Å². The smallest absolute Gasteiger partial charge is 0.0721 e. The Kier molecular flexibility index (Phi) is 5.90. The molecule has 0 amide bonds. The molecule has 17 heavy (non-hydrogen) atoms. The highest BCUT2D eigenvalue weighted by Crippen LogP contribution is 2.26. The number of morpholine rings is 1. The van der Waals surface area contributed by atoms with Gasteiger partial charge < -0.3 is 9.84 Å². The third-order valence-electron chi connectivity index (χ3n) is 4.05. The van der Waals surface area contributed by atoms with E-state index in [0.717, 1.165) is 32.7 Å². The van der Waals surface area contributed by atoms with Crippen LogP contribution in [0, 0.1) is 5.92 Å². The summed E-state index contributed by atoms with van der Waals surface area (Å²) in [6.45, 7) is 12.2. The molecule has 0 aromatic rings. The molecule has 0 radical (unpaired) electrons. The molecule has 0 aliphatic carbocycles. The lowest BCUT2D eigenvalue weighted by Gasteiger charge is -2.44. The third kappa shape index (κ3) is 4.23. The van der Waals surface area contributed by atoms with E-state index in [2.05, 4.69) is 32.6 Å². The van der Waals surface area contributed by atoms with E-state index in [1.54, 1.807) is 0 Å². The summed E-state index contributed by atoms with van der Waals surface area (Å²) in [4.78, 5) is 2.36. The summed E-state index contributed by atoms with van der Waals surface area (Å²) < 4.78 is 5.37. The lowest BCUT2D eigenvalue weighted by atomic mass is 9.86. The maximum Gasteiger partial charge on any atom is 0.0721 e. The average Bonchev–Trinajstić information content (AvgIpc) is 2.30. The lowest BCUT2D eigenvalue weighted by molar-refractivity contribution is -0.0676. The summed E-state index contributed by atoms with van der Waals surface area (Å²) in [5, 5.41) is 10.4. The second-order valence-electron chi connectivity index (χ2n) is 5.90. The standard InChI is InChI=1S/C14H29NO2/c1-5-6-12(2)11-13(16)14(3,4)15-7-9-17-10-8-15/h12-13,16H,5-11H2,1-4H3. The number of hydrogen-bond acceptors (Lipinski definition) is 3. The van der Waals surface area contributed by atoms with E-state index in [-0.39, 0.29) is 11.6 Å². The fourth-order valence-corrected chi connectivity index (χ4v) is 2.63. The Hall–Kier alpha value is -0.120. The molecule has 0 aromatic carbocycles. The van der Waals surface area contributed by atoms with Crippen LogP contribution in [-0.2, 0) is 4.74 Å². The van der Waals surface area contributed by atoms with Gasteiger partial charge in [0.15, 0.2) is 0 Å². The Bertz CT molecular complexity index is 212. The lowest BCUT2D eigenvalue weighted by Crippen LogP contribution is -2.56. The molecule has 1 rings (SSSR count). The van der Waals surface area contributed by atoms with Crippen LogP contribution in [0.2, 0.25) is 0 Å². The first-order chi connectivity index (χ1) is 7.98. The molecule has 0 spiro atoms. The zero-order valence-electron chi connectivity index (χ0n) is 11.9. The van der Waals surface area contributed by atoms with E-state index in [9.17, 15) is 5.11 Å². The van der Waals surface area contributed by atoms with Crippen molar-refractivity contribution in [2.45, 2.75) is 58.6 Å². The first-order valence-corrected chi connectivity index (χ1v) is 6.99. The highest BCUT2D eigenvalue weighted by atomic mass is 16.5. The zero-order valence-corrected chi connectivity index (χ0v) is 11.9. The fraction of sp³-hybridized carbons (Fsp3) is 1.00. The number of aliphatic hydroxyl groups excluding tert-OH is 1. The van der Waals surface area contributed by atoms with Crippen LogP contribution in [0.5, 0.6) is 0 Å². The van der Waals surface area contributed by atoms with Gasteiger partial charge in [-0.1, -0.05) is 26.7 Å². The molecule has 1 N–H and O–H groups in total. The van der Waals surface area contributed by atoms with Gasteiger partial charge in [0.1, 0.15) is 0 Å². The van der Waals surface area contributed by atoms with Crippen molar-refractivity contribution in [2.24, 2.45) is 5.92 Å². The average molecular weight is 243 g/mol. The van der Waals surface area contributed by atoms with Gasteiger partial charge in [-0.15, -0.1) is 0 Å². The predicted molar refractivity (Wildman–Crippen MR) is 71.2 cm³/mol. The van der Waals surface area contributed by atoms with Crippen molar-refractivity contribution < 1.29 is 9.84 Å². The summed E-state index contributed by atoms with van der Waals surface area (Å²) in [7, 11) is 0. The van der Waals surface area contributed by atoms with Crippen LogP contribution in [0.4, 0.5) is 0 Å². The second kappa shape index (κ2) is 6.72. The van der Waals surface area contributed by atoms with E-state index >= 15 is 0 Å². The maximum absolute atomic E-state index is 10.4. The van der Waals surface area contributed by atoms with Crippen molar-refractivity contribution in [3.05, 3.63) is 0 Å². The summed E-state index contributed by atoms with van der Waals surface area (Å²) in [6.07, 6.45) is 3.06. The molecule has 102 valence electrons. The van der Waals surface area contributed by atoms with Gasteiger partial charge in [0.05, 0.1) is 19.3 Å². The van der Waals surface area contributed by atoms with Gasteiger partial charge in [0.2, 0.25) is 0 Å². The SMILES string of the molecule is CCCC(C)CC(O)C(C)(C)N1CCOCC1.